The van der Waals surface area contributed by atoms with Crippen LogP contribution in [0.25, 0.3) is 10.9 Å². The van der Waals surface area contributed by atoms with Crippen LogP contribution in [0.2, 0.25) is 0 Å². The minimum atomic E-state index is -0.645. The van der Waals surface area contributed by atoms with Crippen LogP contribution >= 0.6 is 0 Å². The molecule has 1 aliphatic rings. The molecule has 2 aromatic rings. The summed E-state index contributed by atoms with van der Waals surface area (Å²) in [6.07, 6.45) is 1.27. The number of hydrogen-bond acceptors (Lipinski definition) is 3. The maximum absolute atomic E-state index is 12.6. The maximum Gasteiger partial charge on any atom is 0.316 e. The van der Waals surface area contributed by atoms with Crippen LogP contribution in [0.3, 0.4) is 0 Å². The molecule has 0 amide bonds. The van der Waals surface area contributed by atoms with Gasteiger partial charge in [-0.2, -0.15) is 0 Å². The molecule has 20 heavy (non-hydrogen) atoms. The summed E-state index contributed by atoms with van der Waals surface area (Å²) in [6.45, 7) is 2.07. The smallest absolute Gasteiger partial charge is 0.316 e. The highest BCUT2D eigenvalue weighted by atomic mass is 16.5. The van der Waals surface area contributed by atoms with E-state index in [1.165, 1.54) is 0 Å². The average Bonchev–Trinajstić information content (AvgIpc) is 2.74. The van der Waals surface area contributed by atoms with Gasteiger partial charge in [0.25, 0.3) is 0 Å². The van der Waals surface area contributed by atoms with E-state index in [2.05, 4.69) is 4.57 Å². The van der Waals surface area contributed by atoms with Gasteiger partial charge in [0.2, 0.25) is 0 Å². The molecule has 104 valence electrons. The van der Waals surface area contributed by atoms with E-state index in [0.29, 0.717) is 18.6 Å². The summed E-state index contributed by atoms with van der Waals surface area (Å²) in [5.74, 6) is -1.13. The number of fused-ring (bicyclic) bond motifs is 3. The number of ether oxygens (including phenoxy) is 1. The number of rotatable bonds is 2. The molecular weight excluding hydrogens is 254 g/mol. The molecule has 0 radical (unpaired) electrons. The first-order chi connectivity index (χ1) is 9.65. The molecular formula is C16H17NO3. The van der Waals surface area contributed by atoms with E-state index >= 15 is 0 Å². The van der Waals surface area contributed by atoms with Gasteiger partial charge >= 0.3 is 5.97 Å². The summed E-state index contributed by atoms with van der Waals surface area (Å²) in [6, 6.07) is 7.82. The average molecular weight is 271 g/mol. The molecule has 4 nitrogen and oxygen atoms in total. The van der Waals surface area contributed by atoms with Crippen LogP contribution in [0.15, 0.2) is 24.3 Å². The number of aryl methyl sites for hydroxylation is 1. The molecule has 0 saturated carbocycles. The van der Waals surface area contributed by atoms with E-state index in [1.807, 2.05) is 31.3 Å². The fraction of sp³-hybridized carbons (Fsp3) is 0.375. The van der Waals surface area contributed by atoms with Crippen LogP contribution < -0.4 is 0 Å². The quantitative estimate of drug-likeness (QED) is 0.623. The molecule has 0 N–H and O–H groups in total. The maximum atomic E-state index is 12.6. The van der Waals surface area contributed by atoms with Gasteiger partial charge in [-0.3, -0.25) is 9.59 Å². The number of para-hydroxylation sites is 1. The van der Waals surface area contributed by atoms with Crippen LogP contribution in [-0.4, -0.2) is 22.9 Å². The third-order valence-electron chi connectivity index (χ3n) is 4.03. The number of hydrogen-bond donors (Lipinski definition) is 0. The Kier molecular flexibility index (Phi) is 3.08. The van der Waals surface area contributed by atoms with Gasteiger partial charge in [0, 0.05) is 29.2 Å². The number of benzene rings is 1. The van der Waals surface area contributed by atoms with Crippen LogP contribution in [0.1, 0.15) is 29.4 Å². The van der Waals surface area contributed by atoms with E-state index in [1.54, 1.807) is 6.92 Å². The van der Waals surface area contributed by atoms with Crippen molar-refractivity contribution in [2.45, 2.75) is 19.8 Å². The molecule has 1 unspecified atom stereocenters. The third-order valence-corrected chi connectivity index (χ3v) is 4.03. The van der Waals surface area contributed by atoms with Crippen LogP contribution in [0, 0.1) is 5.92 Å². The molecule has 1 heterocycles. The van der Waals surface area contributed by atoms with Crippen LogP contribution in [-0.2, 0) is 23.0 Å². The summed E-state index contributed by atoms with van der Waals surface area (Å²) in [7, 11) is 1.97. The zero-order chi connectivity index (χ0) is 14.3. The fourth-order valence-corrected chi connectivity index (χ4v) is 3.07. The van der Waals surface area contributed by atoms with Crippen molar-refractivity contribution in [3.05, 3.63) is 35.5 Å². The number of carbonyl (C=O) groups excluding carboxylic acids is 2. The summed E-state index contributed by atoms with van der Waals surface area (Å²) < 4.78 is 7.08. The topological polar surface area (TPSA) is 48.3 Å². The Hall–Kier alpha value is -2.10. The van der Waals surface area contributed by atoms with Crippen LogP contribution in [0.5, 0.6) is 0 Å². The van der Waals surface area contributed by atoms with Gasteiger partial charge in [-0.1, -0.05) is 18.2 Å². The molecule has 3 rings (SSSR count). The van der Waals surface area contributed by atoms with Crippen LogP contribution in [0.4, 0.5) is 0 Å². The summed E-state index contributed by atoms with van der Waals surface area (Å²) >= 11 is 0. The molecule has 0 spiro atoms. The summed E-state index contributed by atoms with van der Waals surface area (Å²) in [5.41, 5.74) is 2.76. The highest BCUT2D eigenvalue weighted by Gasteiger charge is 2.36. The Morgan fingerprint density at radius 1 is 1.40 bits per heavy atom. The normalized spacial score (nSPS) is 18.1. The van der Waals surface area contributed by atoms with Crippen molar-refractivity contribution in [3.8, 4) is 0 Å². The van der Waals surface area contributed by atoms with E-state index in [0.717, 1.165) is 23.0 Å². The van der Waals surface area contributed by atoms with Gasteiger partial charge in [-0.15, -0.1) is 0 Å². The summed E-state index contributed by atoms with van der Waals surface area (Å²) in [4.78, 5) is 24.6. The molecule has 0 fully saturated rings. The first kappa shape index (κ1) is 12.9. The number of carbonyl (C=O) groups is 2. The number of esters is 1. The predicted molar refractivity (Wildman–Crippen MR) is 75.7 cm³/mol. The van der Waals surface area contributed by atoms with Gasteiger partial charge in [-0.25, -0.2) is 0 Å². The zero-order valence-electron chi connectivity index (χ0n) is 11.7. The molecule has 0 bridgehead atoms. The number of Topliss-reactive ketones (excluding diaryl/α,β-unsaturated/α-hetero) is 1. The summed E-state index contributed by atoms with van der Waals surface area (Å²) in [5, 5.41) is 0.934. The van der Waals surface area contributed by atoms with Crippen molar-refractivity contribution < 1.29 is 14.3 Å². The largest absolute Gasteiger partial charge is 0.465 e. The minimum absolute atomic E-state index is 0.0958. The Morgan fingerprint density at radius 2 is 2.15 bits per heavy atom. The Morgan fingerprint density at radius 3 is 2.90 bits per heavy atom. The Balaban J connectivity index is 2.11. The lowest BCUT2D eigenvalue weighted by Crippen LogP contribution is -2.31. The molecule has 0 aliphatic heterocycles. The van der Waals surface area contributed by atoms with Gasteiger partial charge in [0.05, 0.1) is 6.61 Å². The van der Waals surface area contributed by atoms with E-state index in [4.69, 9.17) is 4.74 Å². The Bertz CT molecular complexity index is 699. The van der Waals surface area contributed by atoms with E-state index < -0.39 is 11.9 Å². The van der Waals surface area contributed by atoms with E-state index in [9.17, 15) is 9.59 Å². The SMILES string of the molecule is CCOC(=O)C1CCc2c(c3ccccc3n2C)C1=O. The Labute approximate surface area is 117 Å². The van der Waals surface area contributed by atoms with Crippen molar-refractivity contribution in [3.63, 3.8) is 0 Å². The fourth-order valence-electron chi connectivity index (χ4n) is 3.07. The van der Waals surface area contributed by atoms with Crippen molar-refractivity contribution in [2.75, 3.05) is 6.61 Å². The standard InChI is InChI=1S/C16H17NO3/c1-3-20-16(19)11-8-9-13-14(15(11)18)10-6-4-5-7-12(10)17(13)2/h4-7,11H,3,8-9H2,1-2H3. The van der Waals surface area contributed by atoms with Gasteiger partial charge < -0.3 is 9.30 Å². The van der Waals surface area contributed by atoms with Gasteiger partial charge in [0.15, 0.2) is 5.78 Å². The molecule has 4 heteroatoms. The molecule has 1 aliphatic carbocycles. The highest BCUT2D eigenvalue weighted by molar-refractivity contribution is 6.17. The predicted octanol–water partition coefficient (Wildman–Crippen LogP) is 2.49. The molecule has 1 aromatic carbocycles. The second-order valence-electron chi connectivity index (χ2n) is 5.11. The molecule has 1 aromatic heterocycles. The number of ketones is 1. The van der Waals surface area contributed by atoms with E-state index in [-0.39, 0.29) is 5.78 Å². The van der Waals surface area contributed by atoms with Crippen molar-refractivity contribution in [2.24, 2.45) is 13.0 Å². The zero-order valence-corrected chi connectivity index (χ0v) is 11.7. The lowest BCUT2D eigenvalue weighted by molar-refractivity contribution is -0.146. The van der Waals surface area contributed by atoms with Crippen molar-refractivity contribution in [1.29, 1.82) is 0 Å². The second-order valence-corrected chi connectivity index (χ2v) is 5.11. The third kappa shape index (κ3) is 1.75. The van der Waals surface area contributed by atoms with Gasteiger partial charge in [-0.05, 0) is 25.8 Å². The molecule has 0 saturated heterocycles. The van der Waals surface area contributed by atoms with Crippen molar-refractivity contribution >= 4 is 22.7 Å². The monoisotopic (exact) mass is 271 g/mol. The van der Waals surface area contributed by atoms with Crippen molar-refractivity contribution in [1.82, 2.24) is 4.57 Å². The minimum Gasteiger partial charge on any atom is -0.465 e. The first-order valence-corrected chi connectivity index (χ1v) is 6.92. The van der Waals surface area contributed by atoms with Gasteiger partial charge in [0.1, 0.15) is 5.92 Å². The number of nitrogens with zero attached hydrogens (tertiary/aromatic N) is 1. The second kappa shape index (κ2) is 4.78. The lowest BCUT2D eigenvalue weighted by atomic mass is 9.85. The first-order valence-electron chi connectivity index (χ1n) is 6.92. The highest BCUT2D eigenvalue weighted by Crippen LogP contribution is 2.34. The molecule has 1 atom stereocenters. The lowest BCUT2D eigenvalue weighted by Gasteiger charge is -2.20. The number of aromatic nitrogens is 1.